The molecule has 0 spiro atoms. The molecule has 2 aromatic rings. The van der Waals surface area contributed by atoms with E-state index in [4.69, 9.17) is 0 Å². The van der Waals surface area contributed by atoms with Crippen molar-refractivity contribution in [3.05, 3.63) is 66.2 Å². The van der Waals surface area contributed by atoms with Crippen molar-refractivity contribution in [1.82, 2.24) is 0 Å². The monoisotopic (exact) mass is 283 g/mol. The van der Waals surface area contributed by atoms with Crippen LogP contribution < -0.4 is 5.32 Å². The van der Waals surface area contributed by atoms with Gasteiger partial charge in [-0.25, -0.2) is 0 Å². The molecule has 2 nitrogen and oxygen atoms in total. The molecule has 1 unspecified atom stereocenters. The number of para-hydroxylation sites is 1. The first-order valence-electron chi connectivity index (χ1n) is 7.59. The SMILES string of the molecule is CC(C)(CNc1ccccc1)C(O)CCc1ccccc1. The Balaban J connectivity index is 1.83. The molecule has 0 aliphatic carbocycles. The molecule has 0 saturated heterocycles. The first kappa shape index (κ1) is 15.6. The molecular weight excluding hydrogens is 258 g/mol. The fourth-order valence-electron chi connectivity index (χ4n) is 2.34. The number of hydrogen-bond donors (Lipinski definition) is 2. The van der Waals surface area contributed by atoms with Gasteiger partial charge in [0, 0.05) is 17.6 Å². The highest BCUT2D eigenvalue weighted by Crippen LogP contribution is 2.25. The van der Waals surface area contributed by atoms with E-state index in [-0.39, 0.29) is 11.5 Å². The lowest BCUT2D eigenvalue weighted by Crippen LogP contribution is -2.36. The molecule has 0 bridgehead atoms. The quantitative estimate of drug-likeness (QED) is 0.801. The Morgan fingerprint density at radius 2 is 1.52 bits per heavy atom. The summed E-state index contributed by atoms with van der Waals surface area (Å²) in [6.45, 7) is 4.98. The van der Waals surface area contributed by atoms with Crippen LogP contribution in [-0.2, 0) is 6.42 Å². The smallest absolute Gasteiger partial charge is 0.0611 e. The maximum atomic E-state index is 10.5. The number of aryl methyl sites for hydroxylation is 1. The van der Waals surface area contributed by atoms with Crippen LogP contribution in [0.1, 0.15) is 25.8 Å². The summed E-state index contributed by atoms with van der Waals surface area (Å²) in [5.41, 5.74) is 2.22. The predicted molar refractivity (Wildman–Crippen MR) is 89.5 cm³/mol. The molecule has 0 heterocycles. The second kappa shape index (κ2) is 7.28. The van der Waals surface area contributed by atoms with Crippen LogP contribution in [0.25, 0.3) is 0 Å². The van der Waals surface area contributed by atoms with Crippen LogP contribution in [0.15, 0.2) is 60.7 Å². The van der Waals surface area contributed by atoms with Gasteiger partial charge in [0.05, 0.1) is 6.10 Å². The summed E-state index contributed by atoms with van der Waals surface area (Å²) in [6, 6.07) is 20.5. The number of aliphatic hydroxyl groups is 1. The van der Waals surface area contributed by atoms with Gasteiger partial charge < -0.3 is 10.4 Å². The van der Waals surface area contributed by atoms with Crippen molar-refractivity contribution >= 4 is 5.69 Å². The molecule has 21 heavy (non-hydrogen) atoms. The zero-order valence-corrected chi connectivity index (χ0v) is 12.9. The predicted octanol–water partition coefficient (Wildman–Crippen LogP) is 4.12. The van der Waals surface area contributed by atoms with Crippen molar-refractivity contribution in [2.75, 3.05) is 11.9 Å². The number of hydrogen-bond acceptors (Lipinski definition) is 2. The standard InChI is InChI=1S/C19H25NO/c1-19(2,15-20-17-11-7-4-8-12-17)18(21)14-13-16-9-5-3-6-10-16/h3-12,18,20-21H,13-15H2,1-2H3. The lowest BCUT2D eigenvalue weighted by atomic mass is 9.83. The van der Waals surface area contributed by atoms with Crippen molar-refractivity contribution in [2.24, 2.45) is 5.41 Å². The summed E-state index contributed by atoms with van der Waals surface area (Å²) in [4.78, 5) is 0. The highest BCUT2D eigenvalue weighted by atomic mass is 16.3. The lowest BCUT2D eigenvalue weighted by Gasteiger charge is -2.31. The maximum Gasteiger partial charge on any atom is 0.0611 e. The number of nitrogens with one attached hydrogen (secondary N) is 1. The van der Waals surface area contributed by atoms with Gasteiger partial charge in [0.15, 0.2) is 0 Å². The molecule has 0 aliphatic rings. The first-order chi connectivity index (χ1) is 10.1. The highest BCUT2D eigenvalue weighted by Gasteiger charge is 2.27. The number of rotatable bonds is 7. The van der Waals surface area contributed by atoms with E-state index in [1.165, 1.54) is 5.56 Å². The Labute approximate surface area is 127 Å². The van der Waals surface area contributed by atoms with Crippen molar-refractivity contribution in [2.45, 2.75) is 32.8 Å². The van der Waals surface area contributed by atoms with Crippen LogP contribution in [0.4, 0.5) is 5.69 Å². The van der Waals surface area contributed by atoms with Gasteiger partial charge in [-0.3, -0.25) is 0 Å². The minimum absolute atomic E-state index is 0.162. The molecule has 1 atom stereocenters. The van der Waals surface area contributed by atoms with E-state index in [0.717, 1.165) is 25.1 Å². The van der Waals surface area contributed by atoms with Gasteiger partial charge in [0.2, 0.25) is 0 Å². The summed E-state index contributed by atoms with van der Waals surface area (Å²) < 4.78 is 0. The minimum atomic E-state index is -0.325. The van der Waals surface area contributed by atoms with Crippen LogP contribution in [0.2, 0.25) is 0 Å². The molecule has 0 aromatic heterocycles. The van der Waals surface area contributed by atoms with E-state index in [1.54, 1.807) is 0 Å². The molecule has 0 fully saturated rings. The van der Waals surface area contributed by atoms with Gasteiger partial charge in [-0.1, -0.05) is 62.4 Å². The second-order valence-electron chi connectivity index (χ2n) is 6.25. The van der Waals surface area contributed by atoms with Crippen molar-refractivity contribution in [3.8, 4) is 0 Å². The fraction of sp³-hybridized carbons (Fsp3) is 0.368. The average Bonchev–Trinajstić information content (AvgIpc) is 2.52. The molecular formula is C19H25NO. The Hall–Kier alpha value is -1.80. The molecule has 0 radical (unpaired) electrons. The molecule has 2 heteroatoms. The average molecular weight is 283 g/mol. The van der Waals surface area contributed by atoms with E-state index in [0.29, 0.717) is 0 Å². The Bertz CT molecular complexity index is 522. The molecule has 2 aromatic carbocycles. The molecule has 0 amide bonds. The minimum Gasteiger partial charge on any atom is -0.392 e. The Kier molecular flexibility index (Phi) is 5.40. The first-order valence-corrected chi connectivity index (χ1v) is 7.59. The summed E-state index contributed by atoms with van der Waals surface area (Å²) in [5.74, 6) is 0. The second-order valence-corrected chi connectivity index (χ2v) is 6.25. The third-order valence-corrected chi connectivity index (χ3v) is 3.97. The van der Waals surface area contributed by atoms with Crippen LogP contribution >= 0.6 is 0 Å². The number of aliphatic hydroxyl groups excluding tert-OH is 1. The summed E-state index contributed by atoms with van der Waals surface area (Å²) in [7, 11) is 0. The Morgan fingerprint density at radius 1 is 0.952 bits per heavy atom. The van der Waals surface area contributed by atoms with E-state index < -0.39 is 0 Å². The largest absolute Gasteiger partial charge is 0.392 e. The number of anilines is 1. The van der Waals surface area contributed by atoms with Gasteiger partial charge in [0.1, 0.15) is 0 Å². The van der Waals surface area contributed by atoms with Gasteiger partial charge in [0.25, 0.3) is 0 Å². The van der Waals surface area contributed by atoms with Gasteiger partial charge in [-0.15, -0.1) is 0 Å². The van der Waals surface area contributed by atoms with Crippen LogP contribution in [0.3, 0.4) is 0 Å². The molecule has 0 aliphatic heterocycles. The number of benzene rings is 2. The van der Waals surface area contributed by atoms with Crippen molar-refractivity contribution < 1.29 is 5.11 Å². The summed E-state index contributed by atoms with van der Waals surface area (Å²) >= 11 is 0. The van der Waals surface area contributed by atoms with Crippen LogP contribution in [0, 0.1) is 5.41 Å². The van der Waals surface area contributed by atoms with E-state index in [2.05, 4.69) is 31.3 Å². The maximum absolute atomic E-state index is 10.5. The lowest BCUT2D eigenvalue weighted by molar-refractivity contribution is 0.0520. The van der Waals surface area contributed by atoms with E-state index in [9.17, 15) is 5.11 Å². The molecule has 0 saturated carbocycles. The third-order valence-electron chi connectivity index (χ3n) is 3.97. The van der Waals surface area contributed by atoms with Gasteiger partial charge >= 0.3 is 0 Å². The zero-order chi connectivity index (χ0) is 15.1. The topological polar surface area (TPSA) is 32.3 Å². The summed E-state index contributed by atoms with van der Waals surface area (Å²) in [6.07, 6.45) is 1.37. The normalized spacial score (nSPS) is 12.9. The van der Waals surface area contributed by atoms with Gasteiger partial charge in [-0.05, 0) is 30.5 Å². The molecule has 112 valence electrons. The third kappa shape index (κ3) is 4.91. The highest BCUT2D eigenvalue weighted by molar-refractivity contribution is 5.42. The van der Waals surface area contributed by atoms with Crippen molar-refractivity contribution in [1.29, 1.82) is 0 Å². The molecule has 2 N–H and O–H groups in total. The van der Waals surface area contributed by atoms with Crippen LogP contribution in [-0.4, -0.2) is 17.8 Å². The summed E-state index contributed by atoms with van der Waals surface area (Å²) in [5, 5.41) is 13.9. The van der Waals surface area contributed by atoms with Crippen molar-refractivity contribution in [3.63, 3.8) is 0 Å². The van der Waals surface area contributed by atoms with Gasteiger partial charge in [-0.2, -0.15) is 0 Å². The fourth-order valence-corrected chi connectivity index (χ4v) is 2.34. The zero-order valence-electron chi connectivity index (χ0n) is 12.9. The molecule has 2 rings (SSSR count). The Morgan fingerprint density at radius 3 is 2.14 bits per heavy atom. The van der Waals surface area contributed by atoms with E-state index >= 15 is 0 Å². The van der Waals surface area contributed by atoms with E-state index in [1.807, 2.05) is 48.5 Å². The van der Waals surface area contributed by atoms with Crippen LogP contribution in [0.5, 0.6) is 0 Å².